The number of hydrazone groups is 1. The van der Waals surface area contributed by atoms with Crippen molar-refractivity contribution in [2.45, 2.75) is 12.0 Å². The molecular formula is C20H17ClN4O6. The van der Waals surface area contributed by atoms with Gasteiger partial charge in [0.25, 0.3) is 0 Å². The molecule has 10 nitrogen and oxygen atoms in total. The van der Waals surface area contributed by atoms with E-state index in [0.29, 0.717) is 10.6 Å². The van der Waals surface area contributed by atoms with Crippen LogP contribution in [0.5, 0.6) is 0 Å². The number of halogens is 1. The highest BCUT2D eigenvalue weighted by Gasteiger charge is 2.55. The Morgan fingerprint density at radius 3 is 2.68 bits per heavy atom. The van der Waals surface area contributed by atoms with Gasteiger partial charge in [-0.25, -0.2) is 19.4 Å². The first-order valence-corrected chi connectivity index (χ1v) is 9.50. The van der Waals surface area contributed by atoms with Gasteiger partial charge in [0.1, 0.15) is 18.3 Å². The number of nitrogens with zero attached hydrogens (tertiary/aromatic N) is 4. The second kappa shape index (κ2) is 7.97. The van der Waals surface area contributed by atoms with Crippen molar-refractivity contribution >= 4 is 41.2 Å². The van der Waals surface area contributed by atoms with Crippen molar-refractivity contribution in [1.29, 1.82) is 0 Å². The third kappa shape index (κ3) is 3.39. The number of methoxy groups -OCH3 is 2. The minimum atomic E-state index is -1.51. The van der Waals surface area contributed by atoms with Gasteiger partial charge in [-0.15, -0.1) is 0 Å². The summed E-state index contributed by atoms with van der Waals surface area (Å²) in [5.41, 5.74) is -0.00804. The molecule has 1 unspecified atom stereocenters. The topological polar surface area (TPSA) is 111 Å². The highest BCUT2D eigenvalue weighted by Crippen LogP contribution is 2.38. The van der Waals surface area contributed by atoms with Gasteiger partial charge < -0.3 is 14.2 Å². The maximum absolute atomic E-state index is 13.2. The second-order valence-corrected chi connectivity index (χ2v) is 7.13. The fourth-order valence-electron chi connectivity index (χ4n) is 3.54. The molecule has 31 heavy (non-hydrogen) atoms. The van der Waals surface area contributed by atoms with Crippen molar-refractivity contribution < 1.29 is 28.6 Å². The predicted molar refractivity (Wildman–Crippen MR) is 109 cm³/mol. The number of benzene rings is 1. The molecule has 2 aliphatic rings. The lowest BCUT2D eigenvalue weighted by molar-refractivity contribution is -0.165. The summed E-state index contributed by atoms with van der Waals surface area (Å²) in [5, 5.41) is 5.78. The number of urea groups is 1. The largest absolute Gasteiger partial charge is 0.467 e. The van der Waals surface area contributed by atoms with E-state index in [4.69, 9.17) is 25.8 Å². The first kappa shape index (κ1) is 20.8. The van der Waals surface area contributed by atoms with Crippen molar-refractivity contribution in [1.82, 2.24) is 9.99 Å². The number of hydrogen-bond donors (Lipinski definition) is 0. The maximum atomic E-state index is 13.2. The molecule has 1 aromatic carbocycles. The average molecular weight is 445 g/mol. The van der Waals surface area contributed by atoms with Gasteiger partial charge in [-0.05, 0) is 29.8 Å². The number of carbonyl (C=O) groups excluding carboxylic acids is 3. The molecule has 0 N–H and O–H groups in total. The normalized spacial score (nSPS) is 19.1. The van der Waals surface area contributed by atoms with Gasteiger partial charge in [0, 0.05) is 23.2 Å². The van der Waals surface area contributed by atoms with Crippen LogP contribution in [0, 0.1) is 0 Å². The summed E-state index contributed by atoms with van der Waals surface area (Å²) in [4.78, 5) is 42.9. The van der Waals surface area contributed by atoms with Crippen LogP contribution in [-0.4, -0.2) is 60.3 Å². The summed E-state index contributed by atoms with van der Waals surface area (Å²) in [5.74, 6) is -0.608. The third-order valence-corrected chi connectivity index (χ3v) is 5.20. The Bertz CT molecular complexity index is 1090. The Labute approximate surface area is 181 Å². The van der Waals surface area contributed by atoms with Crippen molar-refractivity contribution in [3.05, 3.63) is 58.7 Å². The van der Waals surface area contributed by atoms with Crippen LogP contribution in [0.15, 0.2) is 47.7 Å². The number of esters is 1. The van der Waals surface area contributed by atoms with Gasteiger partial charge in [-0.3, -0.25) is 0 Å². The number of pyridine rings is 1. The molecule has 0 radical (unpaired) electrons. The zero-order valence-corrected chi connectivity index (χ0v) is 17.3. The van der Waals surface area contributed by atoms with Crippen LogP contribution in [0.4, 0.5) is 15.4 Å². The number of amides is 3. The van der Waals surface area contributed by atoms with Crippen LogP contribution in [0.1, 0.15) is 11.1 Å². The molecule has 4 rings (SSSR count). The molecule has 2 heterocycles. The molecule has 160 valence electrons. The summed E-state index contributed by atoms with van der Waals surface area (Å²) in [6.45, 7) is -0.403. The molecule has 2 aromatic rings. The molecule has 0 bridgehead atoms. The lowest BCUT2D eigenvalue weighted by atomic mass is 9.97. The molecule has 3 amide bonds. The number of ether oxygens (including phenoxy) is 3. The van der Waals surface area contributed by atoms with E-state index < -0.39 is 30.4 Å². The highest BCUT2D eigenvalue weighted by molar-refractivity contribution is 6.31. The van der Waals surface area contributed by atoms with E-state index in [2.05, 4.69) is 10.1 Å². The highest BCUT2D eigenvalue weighted by atomic mass is 35.5. The number of rotatable bonds is 2. The SMILES string of the molecule is COC(=O)N(C(=O)N1COC2(C(=O)OC)Cc3cc(Cl)ccc3C2=N1)c1ccccn1. The van der Waals surface area contributed by atoms with Crippen LogP contribution < -0.4 is 4.90 Å². The quantitative estimate of drug-likeness (QED) is 0.654. The lowest BCUT2D eigenvalue weighted by Crippen LogP contribution is -2.56. The Hall–Kier alpha value is -3.50. The predicted octanol–water partition coefficient (Wildman–Crippen LogP) is 2.59. The summed E-state index contributed by atoms with van der Waals surface area (Å²) in [6, 6.07) is 8.90. The monoisotopic (exact) mass is 444 g/mol. The number of carbonyl (C=O) groups is 3. The van der Waals surface area contributed by atoms with Crippen molar-refractivity contribution in [2.24, 2.45) is 5.10 Å². The van der Waals surface area contributed by atoms with Gasteiger partial charge in [0.05, 0.1) is 14.2 Å². The summed E-state index contributed by atoms with van der Waals surface area (Å²) in [7, 11) is 2.38. The number of aromatic nitrogens is 1. The van der Waals surface area contributed by atoms with Gasteiger partial charge >= 0.3 is 18.1 Å². The van der Waals surface area contributed by atoms with Gasteiger partial charge in [-0.1, -0.05) is 23.7 Å². The molecule has 1 aliphatic heterocycles. The summed E-state index contributed by atoms with van der Waals surface area (Å²) < 4.78 is 15.5. The first-order chi connectivity index (χ1) is 14.9. The van der Waals surface area contributed by atoms with E-state index in [-0.39, 0.29) is 18.0 Å². The molecule has 1 aliphatic carbocycles. The zero-order chi connectivity index (χ0) is 22.2. The molecule has 0 saturated heterocycles. The fourth-order valence-corrected chi connectivity index (χ4v) is 3.73. The Balaban J connectivity index is 1.77. The molecule has 0 saturated carbocycles. The standard InChI is InChI=1S/C20H17ClN4O6/c1-29-17(26)20-10-12-9-13(21)6-7-14(12)16(20)23-24(11-31-20)18(27)25(19(28)30-2)15-5-3-4-8-22-15/h3-9H,10-11H2,1-2H3. The van der Waals surface area contributed by atoms with E-state index in [1.807, 2.05) is 0 Å². The van der Waals surface area contributed by atoms with E-state index in [1.54, 1.807) is 30.3 Å². The molecule has 0 fully saturated rings. The maximum Gasteiger partial charge on any atom is 0.423 e. The van der Waals surface area contributed by atoms with Gasteiger partial charge in [0.2, 0.25) is 5.60 Å². The fraction of sp³-hybridized carbons (Fsp3) is 0.250. The Morgan fingerprint density at radius 2 is 2.00 bits per heavy atom. The zero-order valence-electron chi connectivity index (χ0n) is 16.6. The van der Waals surface area contributed by atoms with E-state index in [9.17, 15) is 14.4 Å². The average Bonchev–Trinajstić information content (AvgIpc) is 3.12. The van der Waals surface area contributed by atoms with Gasteiger partial charge in [0.15, 0.2) is 0 Å². The summed E-state index contributed by atoms with van der Waals surface area (Å²) >= 11 is 6.09. The van der Waals surface area contributed by atoms with Gasteiger partial charge in [-0.2, -0.15) is 15.0 Å². The smallest absolute Gasteiger partial charge is 0.423 e. The van der Waals surface area contributed by atoms with E-state index >= 15 is 0 Å². The minimum absolute atomic E-state index is 0.0444. The van der Waals surface area contributed by atoms with Crippen molar-refractivity contribution in [2.75, 3.05) is 25.9 Å². The minimum Gasteiger partial charge on any atom is -0.467 e. The van der Waals surface area contributed by atoms with Crippen LogP contribution in [0.3, 0.4) is 0 Å². The number of imide groups is 1. The van der Waals surface area contributed by atoms with Crippen molar-refractivity contribution in [3.63, 3.8) is 0 Å². The lowest BCUT2D eigenvalue weighted by Gasteiger charge is -2.35. The molecular weight excluding hydrogens is 428 g/mol. The molecule has 1 atom stereocenters. The first-order valence-electron chi connectivity index (χ1n) is 9.12. The molecule has 0 spiro atoms. The molecule has 1 aromatic heterocycles. The number of anilines is 1. The number of hydrogen-bond acceptors (Lipinski definition) is 8. The second-order valence-electron chi connectivity index (χ2n) is 6.69. The van der Waals surface area contributed by atoms with Crippen LogP contribution in [0.2, 0.25) is 5.02 Å². The van der Waals surface area contributed by atoms with Crippen molar-refractivity contribution in [3.8, 4) is 0 Å². The van der Waals surface area contributed by atoms with Crippen LogP contribution in [0.25, 0.3) is 0 Å². The van der Waals surface area contributed by atoms with E-state index in [0.717, 1.165) is 22.6 Å². The summed E-state index contributed by atoms with van der Waals surface area (Å²) in [6.07, 6.45) is 0.626. The van der Waals surface area contributed by atoms with E-state index in [1.165, 1.54) is 19.4 Å². The van der Waals surface area contributed by atoms with Crippen LogP contribution in [-0.2, 0) is 25.4 Å². The Morgan fingerprint density at radius 1 is 1.19 bits per heavy atom. The number of fused-ring (bicyclic) bond motifs is 3. The van der Waals surface area contributed by atoms with Crippen LogP contribution >= 0.6 is 11.6 Å². The molecule has 11 heteroatoms. The third-order valence-electron chi connectivity index (χ3n) is 4.96. The Kier molecular flexibility index (Phi) is 5.34.